The average molecular weight is 406 g/mol. The second-order valence-corrected chi connectivity index (χ2v) is 8.03. The topological polar surface area (TPSA) is 77.5 Å². The molecule has 0 unspecified atom stereocenters. The van der Waals surface area contributed by atoms with E-state index in [4.69, 9.17) is 16.7 Å². The fraction of sp³-hybridized carbons (Fsp3) is 0.105. The van der Waals surface area contributed by atoms with Gasteiger partial charge in [0.05, 0.1) is 15.6 Å². The summed E-state index contributed by atoms with van der Waals surface area (Å²) in [6.07, 6.45) is 1.68. The maximum Gasteiger partial charge on any atom is 0.238 e. The van der Waals surface area contributed by atoms with Crippen LogP contribution in [0.25, 0.3) is 5.69 Å². The number of aryl methyl sites for hydroxylation is 1. The number of aliphatic imine (C=N–C) groups is 1. The molecule has 140 valence electrons. The number of nitrogens with two attached hydrogens (primary N) is 1. The molecule has 0 amide bonds. The van der Waals surface area contributed by atoms with E-state index in [1.807, 2.05) is 24.5 Å². The minimum Gasteiger partial charge on any atom is -0.318 e. The molecule has 2 aromatic carbocycles. The van der Waals surface area contributed by atoms with E-state index in [1.54, 1.807) is 24.4 Å². The van der Waals surface area contributed by atoms with Crippen molar-refractivity contribution in [1.82, 2.24) is 4.57 Å². The fourth-order valence-electron chi connectivity index (χ4n) is 2.81. The van der Waals surface area contributed by atoms with Crippen LogP contribution >= 0.6 is 11.6 Å². The highest BCUT2D eigenvalue weighted by Crippen LogP contribution is 2.24. The molecule has 27 heavy (non-hydrogen) atoms. The first-order valence-electron chi connectivity index (χ1n) is 7.98. The summed E-state index contributed by atoms with van der Waals surface area (Å²) in [6, 6.07) is 12.6. The Bertz CT molecular complexity index is 1140. The molecule has 0 saturated heterocycles. The summed E-state index contributed by atoms with van der Waals surface area (Å²) in [4.78, 5) is 4.41. The van der Waals surface area contributed by atoms with Gasteiger partial charge in [-0.3, -0.25) is 4.99 Å². The van der Waals surface area contributed by atoms with Crippen LogP contribution in [0.4, 0.5) is 10.1 Å². The van der Waals surface area contributed by atoms with Gasteiger partial charge in [0.15, 0.2) is 0 Å². The lowest BCUT2D eigenvalue weighted by Gasteiger charge is -2.10. The van der Waals surface area contributed by atoms with Crippen molar-refractivity contribution in [3.05, 3.63) is 76.3 Å². The highest BCUT2D eigenvalue weighted by molar-refractivity contribution is 7.89. The molecule has 0 fully saturated rings. The van der Waals surface area contributed by atoms with Gasteiger partial charge in [-0.15, -0.1) is 0 Å². The van der Waals surface area contributed by atoms with Gasteiger partial charge in [0.2, 0.25) is 10.0 Å². The van der Waals surface area contributed by atoms with Crippen molar-refractivity contribution in [2.24, 2.45) is 10.1 Å². The molecule has 0 aliphatic rings. The summed E-state index contributed by atoms with van der Waals surface area (Å²) in [5, 5.41) is 5.16. The van der Waals surface area contributed by atoms with Gasteiger partial charge in [0.1, 0.15) is 5.82 Å². The number of hydrogen-bond donors (Lipinski definition) is 1. The van der Waals surface area contributed by atoms with E-state index in [0.29, 0.717) is 5.69 Å². The summed E-state index contributed by atoms with van der Waals surface area (Å²) >= 11 is 5.78. The molecule has 8 heteroatoms. The summed E-state index contributed by atoms with van der Waals surface area (Å²) in [6.45, 7) is 3.87. The predicted molar refractivity (Wildman–Crippen MR) is 105 cm³/mol. The zero-order valence-corrected chi connectivity index (χ0v) is 16.2. The quantitative estimate of drug-likeness (QED) is 0.657. The molecule has 5 nitrogen and oxygen atoms in total. The average Bonchev–Trinajstić information content (AvgIpc) is 2.89. The van der Waals surface area contributed by atoms with Crippen LogP contribution in [0, 0.1) is 19.7 Å². The monoisotopic (exact) mass is 405 g/mol. The van der Waals surface area contributed by atoms with Crippen LogP contribution in [0.5, 0.6) is 0 Å². The number of benzene rings is 2. The highest BCUT2D eigenvalue weighted by Gasteiger charge is 2.12. The van der Waals surface area contributed by atoms with Crippen molar-refractivity contribution in [3.63, 3.8) is 0 Å². The van der Waals surface area contributed by atoms with Crippen molar-refractivity contribution in [2.75, 3.05) is 0 Å². The Balaban J connectivity index is 1.95. The molecule has 0 atom stereocenters. The first-order chi connectivity index (χ1) is 12.7. The predicted octanol–water partition coefficient (Wildman–Crippen LogP) is 4.28. The molecule has 1 heterocycles. The minimum absolute atomic E-state index is 0.0186. The molecule has 1 aromatic heterocycles. The standard InChI is InChI=1S/C19H17ClFN3O2S/c1-12-9-14(11-23-15-3-8-19(21)18(20)10-15)13(2)24(12)16-4-6-17(7-5-16)27(22,25)26/h3-11H,1-2H3,(H2,22,25,26). The Hall–Kier alpha value is -2.48. The fourth-order valence-corrected chi connectivity index (χ4v) is 3.50. The van der Waals surface area contributed by atoms with E-state index >= 15 is 0 Å². The SMILES string of the molecule is Cc1cc(C=Nc2ccc(F)c(Cl)c2)c(C)n1-c1ccc(S(N)(=O)=O)cc1. The molecule has 3 rings (SSSR count). The van der Waals surface area contributed by atoms with Gasteiger partial charge in [0, 0.05) is 28.9 Å². The Morgan fingerprint density at radius 1 is 1.11 bits per heavy atom. The van der Waals surface area contributed by atoms with Crippen LogP contribution in [0.15, 0.2) is 58.4 Å². The number of halogens is 2. The molecule has 3 aromatic rings. The molecule has 0 aliphatic carbocycles. The van der Waals surface area contributed by atoms with E-state index < -0.39 is 15.8 Å². The molecule has 0 radical (unpaired) electrons. The maximum atomic E-state index is 13.2. The normalized spacial score (nSPS) is 12.0. The summed E-state index contributed by atoms with van der Waals surface area (Å²) in [5.41, 5.74) is 4.11. The molecule has 0 bridgehead atoms. The number of aromatic nitrogens is 1. The number of nitrogens with zero attached hydrogens (tertiary/aromatic N) is 2. The van der Waals surface area contributed by atoms with Crippen LogP contribution in [0.1, 0.15) is 17.0 Å². The van der Waals surface area contributed by atoms with E-state index in [2.05, 4.69) is 4.99 Å². The van der Waals surface area contributed by atoms with Gasteiger partial charge in [-0.05, 0) is 62.4 Å². The maximum absolute atomic E-state index is 13.2. The van der Waals surface area contributed by atoms with Crippen molar-refractivity contribution >= 4 is 33.5 Å². The van der Waals surface area contributed by atoms with Crippen LogP contribution in [-0.4, -0.2) is 19.2 Å². The highest BCUT2D eigenvalue weighted by atomic mass is 35.5. The van der Waals surface area contributed by atoms with E-state index in [9.17, 15) is 12.8 Å². The van der Waals surface area contributed by atoms with Gasteiger partial charge in [0.25, 0.3) is 0 Å². The summed E-state index contributed by atoms with van der Waals surface area (Å²) < 4.78 is 38.0. The first kappa shape index (κ1) is 19.3. The van der Waals surface area contributed by atoms with Crippen molar-refractivity contribution in [1.29, 1.82) is 0 Å². The van der Waals surface area contributed by atoms with Crippen molar-refractivity contribution < 1.29 is 12.8 Å². The van der Waals surface area contributed by atoms with Crippen molar-refractivity contribution in [3.8, 4) is 5.69 Å². The summed E-state index contributed by atoms with van der Waals surface area (Å²) in [5.74, 6) is -0.489. The largest absolute Gasteiger partial charge is 0.318 e. The lowest BCUT2D eigenvalue weighted by atomic mass is 10.2. The van der Waals surface area contributed by atoms with Crippen molar-refractivity contribution in [2.45, 2.75) is 18.7 Å². The van der Waals surface area contributed by atoms with Gasteiger partial charge < -0.3 is 4.57 Å². The number of primary sulfonamides is 1. The third-order valence-electron chi connectivity index (χ3n) is 4.15. The van der Waals surface area contributed by atoms with E-state index in [-0.39, 0.29) is 9.92 Å². The van der Waals surface area contributed by atoms with E-state index in [0.717, 1.165) is 22.6 Å². The Kier molecular flexibility index (Phi) is 5.19. The molecule has 0 spiro atoms. The molecular weight excluding hydrogens is 389 g/mol. The second kappa shape index (κ2) is 7.26. The van der Waals surface area contributed by atoms with Gasteiger partial charge in [-0.25, -0.2) is 17.9 Å². The van der Waals surface area contributed by atoms with Crippen LogP contribution in [-0.2, 0) is 10.0 Å². The van der Waals surface area contributed by atoms with Crippen LogP contribution < -0.4 is 5.14 Å². The minimum atomic E-state index is -3.73. The summed E-state index contributed by atoms with van der Waals surface area (Å²) in [7, 11) is -3.73. The smallest absolute Gasteiger partial charge is 0.238 e. The Morgan fingerprint density at radius 2 is 1.78 bits per heavy atom. The van der Waals surface area contributed by atoms with Gasteiger partial charge in [-0.1, -0.05) is 11.6 Å². The number of sulfonamides is 1. The molecular formula is C19H17ClFN3O2S. The molecule has 2 N–H and O–H groups in total. The van der Waals surface area contributed by atoms with Gasteiger partial charge >= 0.3 is 0 Å². The number of hydrogen-bond acceptors (Lipinski definition) is 3. The first-order valence-corrected chi connectivity index (χ1v) is 9.90. The Morgan fingerprint density at radius 3 is 2.37 bits per heavy atom. The zero-order valence-electron chi connectivity index (χ0n) is 14.6. The van der Waals surface area contributed by atoms with E-state index in [1.165, 1.54) is 24.3 Å². The Labute approximate surface area is 162 Å². The number of rotatable bonds is 4. The second-order valence-electron chi connectivity index (χ2n) is 6.06. The lowest BCUT2D eigenvalue weighted by Crippen LogP contribution is -2.12. The molecule has 0 aliphatic heterocycles. The lowest BCUT2D eigenvalue weighted by molar-refractivity contribution is 0.598. The van der Waals surface area contributed by atoms with Crippen LogP contribution in [0.2, 0.25) is 5.02 Å². The third-order valence-corrected chi connectivity index (χ3v) is 5.37. The van der Waals surface area contributed by atoms with Gasteiger partial charge in [-0.2, -0.15) is 0 Å². The third kappa shape index (κ3) is 4.10. The zero-order chi connectivity index (χ0) is 19.8. The molecule has 0 saturated carbocycles. The van der Waals surface area contributed by atoms with Crippen LogP contribution in [0.3, 0.4) is 0 Å².